The Bertz CT molecular complexity index is 596. The molecule has 2 rings (SSSR count). The Morgan fingerprint density at radius 1 is 1.43 bits per heavy atom. The number of anilines is 2. The van der Waals surface area contributed by atoms with Crippen LogP contribution in [0, 0.1) is 0 Å². The quantitative estimate of drug-likeness (QED) is 0.794. The normalized spacial score (nSPS) is 10.6. The molecule has 0 saturated heterocycles. The Kier molecular flexibility index (Phi) is 4.84. The van der Waals surface area contributed by atoms with Gasteiger partial charge in [-0.1, -0.05) is 0 Å². The van der Waals surface area contributed by atoms with Crippen molar-refractivity contribution in [3.63, 3.8) is 0 Å². The van der Waals surface area contributed by atoms with E-state index >= 15 is 0 Å². The van der Waals surface area contributed by atoms with Gasteiger partial charge in [-0.15, -0.1) is 0 Å². The van der Waals surface area contributed by atoms with Gasteiger partial charge in [0.25, 0.3) is 0 Å². The minimum Gasteiger partial charge on any atom is -0.495 e. The van der Waals surface area contributed by atoms with E-state index < -0.39 is 0 Å². The summed E-state index contributed by atoms with van der Waals surface area (Å²) in [4.78, 5) is 13.9. The minimum atomic E-state index is -0.134. The maximum absolute atomic E-state index is 12.1. The number of hydrogen-bond donors (Lipinski definition) is 2. The van der Waals surface area contributed by atoms with Crippen LogP contribution in [0.3, 0.4) is 0 Å². The molecule has 1 aromatic carbocycles. The van der Waals surface area contributed by atoms with Crippen molar-refractivity contribution in [2.24, 2.45) is 0 Å². The molecule has 0 fully saturated rings. The van der Waals surface area contributed by atoms with Crippen molar-refractivity contribution in [3.8, 4) is 5.75 Å². The van der Waals surface area contributed by atoms with Crippen LogP contribution in [0.2, 0.25) is 0 Å². The topological polar surface area (TPSA) is 80.7 Å². The summed E-state index contributed by atoms with van der Waals surface area (Å²) < 4.78 is 10.2. The van der Waals surface area contributed by atoms with Gasteiger partial charge in [-0.3, -0.25) is 9.69 Å². The Balaban J connectivity index is 1.93. The number of hydrogen-bond acceptors (Lipinski definition) is 5. The van der Waals surface area contributed by atoms with E-state index in [0.717, 1.165) is 5.56 Å². The van der Waals surface area contributed by atoms with E-state index in [4.69, 9.17) is 14.9 Å². The SMILES string of the molecule is COc1ccc(N)cc1NC(=O)CN(C)Cc1ccoc1. The molecular formula is C15H19N3O3. The van der Waals surface area contributed by atoms with Gasteiger partial charge in [0.15, 0.2) is 0 Å². The van der Waals surface area contributed by atoms with Gasteiger partial charge in [-0.05, 0) is 31.3 Å². The Hall–Kier alpha value is -2.47. The molecule has 112 valence electrons. The highest BCUT2D eigenvalue weighted by molar-refractivity contribution is 5.94. The molecule has 1 heterocycles. The lowest BCUT2D eigenvalue weighted by Gasteiger charge is -2.16. The number of amides is 1. The van der Waals surface area contributed by atoms with Crippen LogP contribution in [0.25, 0.3) is 0 Å². The van der Waals surface area contributed by atoms with Crippen LogP contribution in [0.15, 0.2) is 41.2 Å². The number of furan rings is 1. The molecule has 1 amide bonds. The third-order valence-corrected chi connectivity index (χ3v) is 2.94. The van der Waals surface area contributed by atoms with Crippen molar-refractivity contribution in [3.05, 3.63) is 42.4 Å². The molecule has 21 heavy (non-hydrogen) atoms. The van der Waals surface area contributed by atoms with E-state index in [0.29, 0.717) is 23.7 Å². The average molecular weight is 289 g/mol. The van der Waals surface area contributed by atoms with Crippen LogP contribution in [0.5, 0.6) is 5.75 Å². The molecule has 3 N–H and O–H groups in total. The Morgan fingerprint density at radius 3 is 2.90 bits per heavy atom. The van der Waals surface area contributed by atoms with Gasteiger partial charge in [-0.25, -0.2) is 0 Å². The number of nitrogens with zero attached hydrogens (tertiary/aromatic N) is 1. The van der Waals surface area contributed by atoms with E-state index in [1.807, 2.05) is 18.0 Å². The number of benzene rings is 1. The molecule has 6 nitrogen and oxygen atoms in total. The first-order valence-electron chi connectivity index (χ1n) is 6.51. The van der Waals surface area contributed by atoms with E-state index in [1.165, 1.54) is 0 Å². The number of carbonyl (C=O) groups is 1. The molecular weight excluding hydrogens is 270 g/mol. The zero-order valence-corrected chi connectivity index (χ0v) is 12.1. The number of nitrogen functional groups attached to an aromatic ring is 1. The van der Waals surface area contributed by atoms with Crippen molar-refractivity contribution < 1.29 is 13.9 Å². The predicted octanol–water partition coefficient (Wildman–Crippen LogP) is 1.94. The van der Waals surface area contributed by atoms with Crippen LogP contribution < -0.4 is 15.8 Å². The van der Waals surface area contributed by atoms with Crippen LogP contribution in [-0.2, 0) is 11.3 Å². The molecule has 0 spiro atoms. The second-order valence-electron chi connectivity index (χ2n) is 4.81. The molecule has 2 aromatic rings. The van der Waals surface area contributed by atoms with Gasteiger partial charge in [0, 0.05) is 17.8 Å². The largest absolute Gasteiger partial charge is 0.495 e. The fourth-order valence-electron chi connectivity index (χ4n) is 2.01. The molecule has 0 atom stereocenters. The minimum absolute atomic E-state index is 0.134. The summed E-state index contributed by atoms with van der Waals surface area (Å²) in [5.74, 6) is 0.444. The van der Waals surface area contributed by atoms with Crippen molar-refractivity contribution in [2.75, 3.05) is 31.8 Å². The highest BCUT2D eigenvalue weighted by Crippen LogP contribution is 2.26. The van der Waals surface area contributed by atoms with Crippen LogP contribution >= 0.6 is 0 Å². The average Bonchev–Trinajstić information content (AvgIpc) is 2.91. The highest BCUT2D eigenvalue weighted by atomic mass is 16.5. The first kappa shape index (κ1) is 14.9. The van der Waals surface area contributed by atoms with Crippen molar-refractivity contribution in [1.29, 1.82) is 0 Å². The lowest BCUT2D eigenvalue weighted by molar-refractivity contribution is -0.117. The van der Waals surface area contributed by atoms with Gasteiger partial charge in [0.05, 0.1) is 31.9 Å². The Labute approximate surface area is 123 Å². The summed E-state index contributed by atoms with van der Waals surface area (Å²) in [5, 5.41) is 2.80. The third-order valence-electron chi connectivity index (χ3n) is 2.94. The molecule has 0 unspecified atom stereocenters. The smallest absolute Gasteiger partial charge is 0.238 e. The molecule has 0 aliphatic carbocycles. The molecule has 0 bridgehead atoms. The second kappa shape index (κ2) is 6.81. The molecule has 0 saturated carbocycles. The molecule has 6 heteroatoms. The summed E-state index contributed by atoms with van der Waals surface area (Å²) >= 11 is 0. The Morgan fingerprint density at radius 2 is 2.24 bits per heavy atom. The number of methoxy groups -OCH3 is 1. The van der Waals surface area contributed by atoms with Gasteiger partial charge in [0.1, 0.15) is 5.75 Å². The zero-order chi connectivity index (χ0) is 15.2. The van der Waals surface area contributed by atoms with Crippen LogP contribution in [0.1, 0.15) is 5.56 Å². The molecule has 0 aliphatic heterocycles. The maximum atomic E-state index is 12.1. The summed E-state index contributed by atoms with van der Waals surface area (Å²) in [5.41, 5.74) is 7.88. The van der Waals surface area contributed by atoms with Gasteiger partial charge in [-0.2, -0.15) is 0 Å². The number of nitrogens with two attached hydrogens (primary N) is 1. The second-order valence-corrected chi connectivity index (χ2v) is 4.81. The zero-order valence-electron chi connectivity index (χ0n) is 12.1. The predicted molar refractivity (Wildman–Crippen MR) is 81.1 cm³/mol. The van der Waals surface area contributed by atoms with E-state index in [9.17, 15) is 4.79 Å². The molecule has 1 aromatic heterocycles. The fraction of sp³-hybridized carbons (Fsp3) is 0.267. The van der Waals surface area contributed by atoms with E-state index in [1.54, 1.807) is 37.8 Å². The van der Waals surface area contributed by atoms with Gasteiger partial charge in [0.2, 0.25) is 5.91 Å². The standard InChI is InChI=1S/C15H19N3O3/c1-18(8-11-5-6-21-10-11)9-15(19)17-13-7-12(16)3-4-14(13)20-2/h3-7,10H,8-9,16H2,1-2H3,(H,17,19). The molecule has 0 radical (unpaired) electrons. The van der Waals surface area contributed by atoms with Crippen molar-refractivity contribution >= 4 is 17.3 Å². The maximum Gasteiger partial charge on any atom is 0.238 e. The van der Waals surface area contributed by atoms with Crippen LogP contribution in [-0.4, -0.2) is 31.5 Å². The fourth-order valence-corrected chi connectivity index (χ4v) is 2.01. The van der Waals surface area contributed by atoms with Gasteiger partial charge < -0.3 is 20.2 Å². The van der Waals surface area contributed by atoms with E-state index in [-0.39, 0.29) is 12.5 Å². The monoisotopic (exact) mass is 289 g/mol. The lowest BCUT2D eigenvalue weighted by Crippen LogP contribution is -2.29. The number of likely N-dealkylation sites (N-methyl/N-ethyl adjacent to an activating group) is 1. The summed E-state index contributed by atoms with van der Waals surface area (Å²) in [6, 6.07) is 6.99. The van der Waals surface area contributed by atoms with Crippen molar-refractivity contribution in [2.45, 2.75) is 6.54 Å². The number of ether oxygens (including phenoxy) is 1. The van der Waals surface area contributed by atoms with Crippen LogP contribution in [0.4, 0.5) is 11.4 Å². The highest BCUT2D eigenvalue weighted by Gasteiger charge is 2.11. The van der Waals surface area contributed by atoms with Gasteiger partial charge >= 0.3 is 0 Å². The summed E-state index contributed by atoms with van der Waals surface area (Å²) in [7, 11) is 3.41. The van der Waals surface area contributed by atoms with E-state index in [2.05, 4.69) is 5.32 Å². The number of nitrogens with one attached hydrogen (secondary N) is 1. The molecule has 0 aliphatic rings. The summed E-state index contributed by atoms with van der Waals surface area (Å²) in [6.45, 7) is 0.890. The third kappa shape index (κ3) is 4.25. The first-order valence-corrected chi connectivity index (χ1v) is 6.51. The summed E-state index contributed by atoms with van der Waals surface area (Å²) in [6.07, 6.45) is 3.27. The first-order chi connectivity index (χ1) is 10.1. The number of carbonyl (C=O) groups excluding carboxylic acids is 1. The lowest BCUT2D eigenvalue weighted by atomic mass is 10.2. The number of rotatable bonds is 6. The van der Waals surface area contributed by atoms with Crippen molar-refractivity contribution in [1.82, 2.24) is 4.90 Å².